The van der Waals surface area contributed by atoms with Crippen molar-refractivity contribution in [2.24, 2.45) is 11.8 Å². The van der Waals surface area contributed by atoms with Crippen molar-refractivity contribution in [3.8, 4) is 0 Å². The van der Waals surface area contributed by atoms with Crippen LogP contribution in [0.15, 0.2) is 0 Å². The Morgan fingerprint density at radius 3 is 2.44 bits per heavy atom. The lowest BCUT2D eigenvalue weighted by molar-refractivity contribution is -0.133. The van der Waals surface area contributed by atoms with E-state index in [2.05, 4.69) is 28.5 Å². The molecule has 2 fully saturated rings. The molecule has 0 bridgehead atoms. The molecule has 104 valence electrons. The van der Waals surface area contributed by atoms with Gasteiger partial charge in [-0.1, -0.05) is 13.8 Å². The number of amides is 1. The number of carbonyl (C=O) groups is 1. The van der Waals surface area contributed by atoms with Crippen molar-refractivity contribution in [1.82, 2.24) is 14.7 Å². The lowest BCUT2D eigenvalue weighted by atomic mass is 10.1. The molecule has 1 amide bonds. The first kappa shape index (κ1) is 13.8. The standard InChI is InChI=1S/C14H27N3O/c1-11(2)14(18)16-6-5-13(8-16)7-15-9-17(10-15)12(3)4/h11-13H,5-10H2,1-4H3. The molecule has 0 N–H and O–H groups in total. The van der Waals surface area contributed by atoms with Gasteiger partial charge in [0.15, 0.2) is 0 Å². The molecular weight excluding hydrogens is 226 g/mol. The Morgan fingerprint density at radius 1 is 1.22 bits per heavy atom. The maximum atomic E-state index is 11.9. The first-order chi connectivity index (χ1) is 8.47. The van der Waals surface area contributed by atoms with E-state index in [4.69, 9.17) is 0 Å². The number of likely N-dealkylation sites (tertiary alicyclic amines) is 1. The molecule has 4 heteroatoms. The lowest BCUT2D eigenvalue weighted by Crippen LogP contribution is -2.58. The van der Waals surface area contributed by atoms with Crippen molar-refractivity contribution >= 4 is 5.91 Å². The average Bonchev–Trinajstić information content (AvgIpc) is 2.69. The Labute approximate surface area is 111 Å². The highest BCUT2D eigenvalue weighted by Gasteiger charge is 2.32. The van der Waals surface area contributed by atoms with Gasteiger partial charge in [-0.05, 0) is 26.2 Å². The van der Waals surface area contributed by atoms with E-state index in [1.165, 1.54) is 6.42 Å². The predicted molar refractivity (Wildman–Crippen MR) is 72.9 cm³/mol. The van der Waals surface area contributed by atoms with Crippen molar-refractivity contribution in [3.63, 3.8) is 0 Å². The Kier molecular flexibility index (Phi) is 4.28. The van der Waals surface area contributed by atoms with E-state index in [0.717, 1.165) is 33.0 Å². The summed E-state index contributed by atoms with van der Waals surface area (Å²) >= 11 is 0. The van der Waals surface area contributed by atoms with Gasteiger partial charge in [0.25, 0.3) is 0 Å². The SMILES string of the molecule is CC(C)C(=O)N1CCC(CN2CN(C(C)C)C2)C1. The summed E-state index contributed by atoms with van der Waals surface area (Å²) in [7, 11) is 0. The van der Waals surface area contributed by atoms with E-state index in [9.17, 15) is 4.79 Å². The molecular formula is C14H27N3O. The summed E-state index contributed by atoms with van der Waals surface area (Å²) in [5.74, 6) is 1.15. The van der Waals surface area contributed by atoms with Crippen LogP contribution in [0.4, 0.5) is 0 Å². The number of hydrogen-bond acceptors (Lipinski definition) is 3. The van der Waals surface area contributed by atoms with Crippen molar-refractivity contribution < 1.29 is 4.79 Å². The summed E-state index contributed by atoms with van der Waals surface area (Å²) in [4.78, 5) is 18.9. The zero-order valence-electron chi connectivity index (χ0n) is 12.2. The summed E-state index contributed by atoms with van der Waals surface area (Å²) in [6, 6.07) is 0.656. The number of hydrogen-bond donors (Lipinski definition) is 0. The molecule has 2 aliphatic rings. The molecule has 18 heavy (non-hydrogen) atoms. The second kappa shape index (κ2) is 5.57. The molecule has 2 rings (SSSR count). The number of rotatable bonds is 4. The molecule has 2 aliphatic heterocycles. The van der Waals surface area contributed by atoms with Crippen molar-refractivity contribution in [1.29, 1.82) is 0 Å². The third kappa shape index (κ3) is 3.04. The smallest absolute Gasteiger partial charge is 0.225 e. The van der Waals surface area contributed by atoms with Crippen LogP contribution in [-0.4, -0.2) is 59.6 Å². The van der Waals surface area contributed by atoms with E-state index in [1.54, 1.807) is 0 Å². The van der Waals surface area contributed by atoms with Crippen LogP contribution in [0.2, 0.25) is 0 Å². The second-order valence-corrected chi connectivity index (χ2v) is 6.41. The fourth-order valence-electron chi connectivity index (χ4n) is 2.83. The molecule has 0 aromatic rings. The van der Waals surface area contributed by atoms with Gasteiger partial charge in [-0.15, -0.1) is 0 Å². The molecule has 2 heterocycles. The number of nitrogens with zero attached hydrogens (tertiary/aromatic N) is 3. The summed E-state index contributed by atoms with van der Waals surface area (Å²) < 4.78 is 0. The molecule has 0 saturated carbocycles. The molecule has 0 spiro atoms. The first-order valence-electron chi connectivity index (χ1n) is 7.22. The largest absolute Gasteiger partial charge is 0.342 e. The molecule has 4 nitrogen and oxygen atoms in total. The zero-order chi connectivity index (χ0) is 13.3. The van der Waals surface area contributed by atoms with Crippen molar-refractivity contribution in [2.45, 2.75) is 40.2 Å². The van der Waals surface area contributed by atoms with E-state index < -0.39 is 0 Å². The predicted octanol–water partition coefficient (Wildman–Crippen LogP) is 1.43. The fraction of sp³-hybridized carbons (Fsp3) is 0.929. The van der Waals surface area contributed by atoms with Crippen LogP contribution in [0.5, 0.6) is 0 Å². The van der Waals surface area contributed by atoms with E-state index in [1.807, 2.05) is 13.8 Å². The van der Waals surface area contributed by atoms with Crippen LogP contribution >= 0.6 is 0 Å². The Balaban J connectivity index is 1.70. The Bertz CT molecular complexity index is 297. The molecule has 0 aromatic carbocycles. The summed E-state index contributed by atoms with van der Waals surface area (Å²) in [5.41, 5.74) is 0. The van der Waals surface area contributed by atoms with Crippen LogP contribution in [0.3, 0.4) is 0 Å². The lowest BCUT2D eigenvalue weighted by Gasteiger charge is -2.45. The monoisotopic (exact) mass is 253 g/mol. The third-order valence-corrected chi connectivity index (χ3v) is 4.10. The highest BCUT2D eigenvalue weighted by atomic mass is 16.2. The van der Waals surface area contributed by atoms with Crippen LogP contribution < -0.4 is 0 Å². The Morgan fingerprint density at radius 2 is 1.89 bits per heavy atom. The normalized spacial score (nSPS) is 26.1. The quantitative estimate of drug-likeness (QED) is 0.758. The minimum atomic E-state index is 0.143. The molecule has 1 atom stereocenters. The minimum Gasteiger partial charge on any atom is -0.342 e. The van der Waals surface area contributed by atoms with Crippen LogP contribution in [0, 0.1) is 11.8 Å². The highest BCUT2D eigenvalue weighted by molar-refractivity contribution is 5.78. The maximum absolute atomic E-state index is 11.9. The van der Waals surface area contributed by atoms with Crippen LogP contribution in [-0.2, 0) is 4.79 Å². The molecule has 2 saturated heterocycles. The van der Waals surface area contributed by atoms with Gasteiger partial charge in [-0.25, -0.2) is 0 Å². The summed E-state index contributed by atoms with van der Waals surface area (Å²) in [6.45, 7) is 13.8. The first-order valence-corrected chi connectivity index (χ1v) is 7.22. The van der Waals surface area contributed by atoms with Crippen LogP contribution in [0.1, 0.15) is 34.1 Å². The summed E-state index contributed by atoms with van der Waals surface area (Å²) in [6.07, 6.45) is 1.18. The Hall–Kier alpha value is -0.610. The molecule has 0 aliphatic carbocycles. The van der Waals surface area contributed by atoms with Crippen molar-refractivity contribution in [2.75, 3.05) is 33.0 Å². The van der Waals surface area contributed by atoms with Gasteiger partial charge in [0.2, 0.25) is 5.91 Å². The molecule has 0 aromatic heterocycles. The maximum Gasteiger partial charge on any atom is 0.225 e. The van der Waals surface area contributed by atoms with E-state index >= 15 is 0 Å². The van der Waals surface area contributed by atoms with Gasteiger partial charge < -0.3 is 4.90 Å². The van der Waals surface area contributed by atoms with Gasteiger partial charge in [0.1, 0.15) is 0 Å². The average molecular weight is 253 g/mol. The van der Waals surface area contributed by atoms with Crippen molar-refractivity contribution in [3.05, 3.63) is 0 Å². The van der Waals surface area contributed by atoms with Gasteiger partial charge in [0.05, 0.1) is 13.3 Å². The molecule has 0 radical (unpaired) electrons. The number of carbonyl (C=O) groups excluding carboxylic acids is 1. The topological polar surface area (TPSA) is 26.8 Å². The highest BCUT2D eigenvalue weighted by Crippen LogP contribution is 2.22. The van der Waals surface area contributed by atoms with Gasteiger partial charge in [-0.2, -0.15) is 0 Å². The third-order valence-electron chi connectivity index (χ3n) is 4.10. The fourth-order valence-corrected chi connectivity index (χ4v) is 2.83. The van der Waals surface area contributed by atoms with Gasteiger partial charge >= 0.3 is 0 Å². The second-order valence-electron chi connectivity index (χ2n) is 6.41. The van der Waals surface area contributed by atoms with Gasteiger partial charge in [0, 0.05) is 31.6 Å². The minimum absolute atomic E-state index is 0.143. The van der Waals surface area contributed by atoms with E-state index in [0.29, 0.717) is 17.9 Å². The van der Waals surface area contributed by atoms with E-state index in [-0.39, 0.29) is 5.92 Å². The summed E-state index contributed by atoms with van der Waals surface area (Å²) in [5, 5.41) is 0. The van der Waals surface area contributed by atoms with Gasteiger partial charge in [-0.3, -0.25) is 14.6 Å². The van der Waals surface area contributed by atoms with Crippen LogP contribution in [0.25, 0.3) is 0 Å². The zero-order valence-corrected chi connectivity index (χ0v) is 12.2. The molecule has 1 unspecified atom stereocenters.